The minimum atomic E-state index is -5.85. The first-order valence-electron chi connectivity index (χ1n) is 3.42. The van der Waals surface area contributed by atoms with E-state index in [1.165, 1.54) is 0 Å². The lowest BCUT2D eigenvalue weighted by atomic mass is 10.1. The summed E-state index contributed by atoms with van der Waals surface area (Å²) >= 11 is 2.63. The summed E-state index contributed by atoms with van der Waals surface area (Å²) < 4.78 is 73.5. The molecular weight excluding hydrogens is 292 g/mol. The van der Waals surface area contributed by atoms with Crippen molar-refractivity contribution in [3.8, 4) is 0 Å². The van der Waals surface area contributed by atoms with Crippen LogP contribution in [0.1, 0.15) is 5.56 Å². The molecule has 0 aliphatic carbocycles. The second-order valence-corrected chi connectivity index (χ2v) is 3.48. The van der Waals surface area contributed by atoms with E-state index in [0.717, 1.165) is 6.20 Å². The highest BCUT2D eigenvalue weighted by molar-refractivity contribution is 9.10. The molecule has 0 unspecified atom stereocenters. The van der Waals surface area contributed by atoms with Crippen LogP contribution in [0.5, 0.6) is 0 Å². The van der Waals surface area contributed by atoms with E-state index in [1.807, 2.05) is 0 Å². The molecule has 1 aromatic heterocycles. The maximum absolute atomic E-state index is 12.7. The third-order valence-corrected chi connectivity index (χ3v) is 1.93. The molecule has 0 aliphatic rings. The lowest BCUT2D eigenvalue weighted by Crippen LogP contribution is -2.34. The SMILES string of the molecule is Fc1ncc(Br)cc1C(F)(F)C(F)(F)F. The van der Waals surface area contributed by atoms with Crippen molar-refractivity contribution < 1.29 is 26.3 Å². The van der Waals surface area contributed by atoms with Crippen molar-refractivity contribution >= 4 is 15.9 Å². The van der Waals surface area contributed by atoms with Crippen molar-refractivity contribution in [1.29, 1.82) is 0 Å². The predicted octanol–water partition coefficient (Wildman–Crippen LogP) is 3.64. The van der Waals surface area contributed by atoms with Gasteiger partial charge in [-0.15, -0.1) is 0 Å². The zero-order valence-electron chi connectivity index (χ0n) is 6.75. The zero-order chi connectivity index (χ0) is 11.9. The van der Waals surface area contributed by atoms with E-state index in [-0.39, 0.29) is 4.47 Å². The van der Waals surface area contributed by atoms with Gasteiger partial charge in [-0.25, -0.2) is 4.98 Å². The molecule has 15 heavy (non-hydrogen) atoms. The Labute approximate surface area is 88.2 Å². The first-order valence-corrected chi connectivity index (χ1v) is 4.21. The molecule has 0 bridgehead atoms. The van der Waals surface area contributed by atoms with Gasteiger partial charge in [-0.1, -0.05) is 0 Å². The highest BCUT2D eigenvalue weighted by Crippen LogP contribution is 2.44. The van der Waals surface area contributed by atoms with Crippen LogP contribution < -0.4 is 0 Å². The van der Waals surface area contributed by atoms with Crippen LogP contribution in [0.4, 0.5) is 26.3 Å². The Morgan fingerprint density at radius 3 is 2.13 bits per heavy atom. The zero-order valence-corrected chi connectivity index (χ0v) is 8.33. The van der Waals surface area contributed by atoms with E-state index < -0.39 is 23.6 Å². The van der Waals surface area contributed by atoms with Crippen LogP contribution in [0.2, 0.25) is 0 Å². The minimum Gasteiger partial charge on any atom is -0.227 e. The lowest BCUT2D eigenvalue weighted by molar-refractivity contribution is -0.290. The number of alkyl halides is 5. The number of nitrogens with zero attached hydrogens (tertiary/aromatic N) is 1. The van der Waals surface area contributed by atoms with Crippen LogP contribution in [0, 0.1) is 5.95 Å². The summed E-state index contributed by atoms with van der Waals surface area (Å²) in [6.45, 7) is 0. The Bertz CT molecular complexity index is 374. The molecule has 0 aliphatic heterocycles. The normalized spacial score (nSPS) is 13.0. The number of pyridine rings is 1. The van der Waals surface area contributed by atoms with E-state index in [1.54, 1.807) is 0 Å². The highest BCUT2D eigenvalue weighted by atomic mass is 79.9. The summed E-state index contributed by atoms with van der Waals surface area (Å²) in [5.74, 6) is -7.10. The molecule has 0 atom stereocenters. The Balaban J connectivity index is 3.32. The van der Waals surface area contributed by atoms with Gasteiger partial charge in [0.05, 0.1) is 5.56 Å². The summed E-state index contributed by atoms with van der Waals surface area (Å²) in [6.07, 6.45) is -5.07. The van der Waals surface area contributed by atoms with Gasteiger partial charge in [0.2, 0.25) is 5.95 Å². The number of halogens is 7. The van der Waals surface area contributed by atoms with Crippen molar-refractivity contribution in [2.45, 2.75) is 12.1 Å². The van der Waals surface area contributed by atoms with Crippen LogP contribution in [0.3, 0.4) is 0 Å². The summed E-state index contributed by atoms with van der Waals surface area (Å²) in [5, 5.41) is 0. The Morgan fingerprint density at radius 2 is 1.67 bits per heavy atom. The molecule has 0 spiro atoms. The Kier molecular flexibility index (Phi) is 2.99. The third-order valence-electron chi connectivity index (χ3n) is 1.50. The fourth-order valence-corrected chi connectivity index (χ4v) is 1.13. The topological polar surface area (TPSA) is 12.9 Å². The molecule has 1 nitrogen and oxygen atoms in total. The van der Waals surface area contributed by atoms with E-state index >= 15 is 0 Å². The summed E-state index contributed by atoms with van der Waals surface area (Å²) in [6, 6.07) is 0.343. The summed E-state index contributed by atoms with van der Waals surface area (Å²) in [5.41, 5.74) is -1.80. The van der Waals surface area contributed by atoms with E-state index in [9.17, 15) is 26.3 Å². The van der Waals surface area contributed by atoms with Gasteiger partial charge in [0.25, 0.3) is 0 Å². The molecule has 1 rings (SSSR count). The minimum absolute atomic E-state index is 0.164. The molecular formula is C7H2BrF6N. The van der Waals surface area contributed by atoms with Gasteiger partial charge < -0.3 is 0 Å². The van der Waals surface area contributed by atoms with Crippen LogP contribution in [-0.4, -0.2) is 11.2 Å². The standard InChI is InChI=1S/C7H2BrF6N/c8-3-1-4(5(9)15-2-3)6(10,11)7(12,13)14/h1-2H. The molecule has 1 heterocycles. The van der Waals surface area contributed by atoms with Crippen molar-refractivity contribution in [1.82, 2.24) is 4.98 Å². The second kappa shape index (κ2) is 3.66. The van der Waals surface area contributed by atoms with Crippen molar-refractivity contribution in [3.63, 3.8) is 0 Å². The van der Waals surface area contributed by atoms with Gasteiger partial charge in [-0.2, -0.15) is 26.3 Å². The summed E-state index contributed by atoms with van der Waals surface area (Å²) in [7, 11) is 0. The van der Waals surface area contributed by atoms with Crippen LogP contribution in [0.15, 0.2) is 16.7 Å². The molecule has 1 aromatic rings. The molecule has 0 amide bonds. The first-order chi connectivity index (χ1) is 6.66. The van der Waals surface area contributed by atoms with Crippen molar-refractivity contribution in [2.75, 3.05) is 0 Å². The first kappa shape index (κ1) is 12.3. The summed E-state index contributed by atoms with van der Waals surface area (Å²) in [4.78, 5) is 2.76. The Morgan fingerprint density at radius 1 is 1.13 bits per heavy atom. The molecule has 0 N–H and O–H groups in total. The number of aromatic nitrogens is 1. The highest BCUT2D eigenvalue weighted by Gasteiger charge is 2.60. The number of hydrogen-bond donors (Lipinski definition) is 0. The average molecular weight is 294 g/mol. The van der Waals surface area contributed by atoms with Crippen molar-refractivity contribution in [2.24, 2.45) is 0 Å². The predicted molar refractivity (Wildman–Crippen MR) is 41.8 cm³/mol. The fourth-order valence-electron chi connectivity index (χ4n) is 0.795. The monoisotopic (exact) mass is 293 g/mol. The van der Waals surface area contributed by atoms with E-state index in [2.05, 4.69) is 20.9 Å². The maximum Gasteiger partial charge on any atom is 0.458 e. The number of rotatable bonds is 1. The quantitative estimate of drug-likeness (QED) is 0.569. The van der Waals surface area contributed by atoms with Crippen LogP contribution >= 0.6 is 15.9 Å². The van der Waals surface area contributed by atoms with Crippen LogP contribution in [0.25, 0.3) is 0 Å². The molecule has 8 heteroatoms. The van der Waals surface area contributed by atoms with E-state index in [0.29, 0.717) is 6.07 Å². The number of hydrogen-bond acceptors (Lipinski definition) is 1. The van der Waals surface area contributed by atoms with Gasteiger partial charge in [0.1, 0.15) is 0 Å². The fraction of sp³-hybridized carbons (Fsp3) is 0.286. The lowest BCUT2D eigenvalue weighted by Gasteiger charge is -2.19. The smallest absolute Gasteiger partial charge is 0.227 e. The molecule has 0 saturated carbocycles. The molecule has 84 valence electrons. The average Bonchev–Trinajstić information content (AvgIpc) is 2.07. The molecule has 0 aromatic carbocycles. The maximum atomic E-state index is 12.7. The van der Waals surface area contributed by atoms with Crippen molar-refractivity contribution in [3.05, 3.63) is 28.2 Å². The largest absolute Gasteiger partial charge is 0.458 e. The Hall–Kier alpha value is -0.790. The van der Waals surface area contributed by atoms with Gasteiger partial charge >= 0.3 is 12.1 Å². The van der Waals surface area contributed by atoms with Gasteiger partial charge in [-0.3, -0.25) is 0 Å². The molecule has 0 radical (unpaired) electrons. The van der Waals surface area contributed by atoms with Gasteiger partial charge in [0, 0.05) is 10.7 Å². The van der Waals surface area contributed by atoms with Gasteiger partial charge in [0.15, 0.2) is 0 Å². The van der Waals surface area contributed by atoms with Crippen LogP contribution in [-0.2, 0) is 5.92 Å². The second-order valence-electron chi connectivity index (χ2n) is 2.56. The molecule has 0 fully saturated rings. The third kappa shape index (κ3) is 2.24. The van der Waals surface area contributed by atoms with Gasteiger partial charge in [-0.05, 0) is 22.0 Å². The van der Waals surface area contributed by atoms with E-state index in [4.69, 9.17) is 0 Å². The molecule has 0 saturated heterocycles.